The monoisotopic (exact) mass is 249 g/mol. The summed E-state index contributed by atoms with van der Waals surface area (Å²) >= 11 is 0. The molecule has 0 aromatic carbocycles. The normalized spacial score (nSPS) is 21.8. The average molecular weight is 249 g/mol. The number of rotatable bonds is 3. The number of carboxylic acid groups (broad SMARTS) is 1. The second-order valence-corrected chi connectivity index (χ2v) is 5.58. The Morgan fingerprint density at radius 1 is 1.56 bits per heavy atom. The number of hydrogen-bond donors (Lipinski definition) is 2. The van der Waals surface area contributed by atoms with Gasteiger partial charge >= 0.3 is 5.97 Å². The molecule has 1 fully saturated rings. The summed E-state index contributed by atoms with van der Waals surface area (Å²) in [4.78, 5) is 19.2. The van der Waals surface area contributed by atoms with Gasteiger partial charge in [0.05, 0.1) is 11.3 Å². The first-order valence-corrected chi connectivity index (χ1v) is 6.23. The second kappa shape index (κ2) is 4.55. The fraction of sp³-hybridized carbons (Fsp3) is 0.615. The van der Waals surface area contributed by atoms with Crippen LogP contribution >= 0.6 is 0 Å². The van der Waals surface area contributed by atoms with E-state index in [-0.39, 0.29) is 11.0 Å². The lowest BCUT2D eigenvalue weighted by Gasteiger charge is -2.27. The predicted molar refractivity (Wildman–Crippen MR) is 68.8 cm³/mol. The van der Waals surface area contributed by atoms with Crippen molar-refractivity contribution in [1.29, 1.82) is 0 Å². The average Bonchev–Trinajstić information content (AvgIpc) is 2.58. The van der Waals surface area contributed by atoms with E-state index in [4.69, 9.17) is 5.11 Å². The van der Waals surface area contributed by atoms with Gasteiger partial charge < -0.3 is 10.4 Å². The predicted octanol–water partition coefficient (Wildman–Crippen LogP) is 2.47. The largest absolute Gasteiger partial charge is 0.478 e. The van der Waals surface area contributed by atoms with Crippen LogP contribution in [-0.2, 0) is 0 Å². The Labute approximate surface area is 107 Å². The molecule has 0 spiro atoms. The summed E-state index contributed by atoms with van der Waals surface area (Å²) in [7, 11) is 0. The molecule has 0 radical (unpaired) electrons. The summed E-state index contributed by atoms with van der Waals surface area (Å²) in [6.45, 7) is 6.16. The molecule has 0 bridgehead atoms. The van der Waals surface area contributed by atoms with Crippen molar-refractivity contribution in [2.45, 2.75) is 46.1 Å². The van der Waals surface area contributed by atoms with Gasteiger partial charge in [-0.15, -0.1) is 0 Å². The topological polar surface area (TPSA) is 75.1 Å². The summed E-state index contributed by atoms with van der Waals surface area (Å²) in [6.07, 6.45) is 4.87. The van der Waals surface area contributed by atoms with Crippen LogP contribution in [0.15, 0.2) is 6.20 Å². The van der Waals surface area contributed by atoms with Gasteiger partial charge in [-0.3, -0.25) is 0 Å². The van der Waals surface area contributed by atoms with Gasteiger partial charge in [0.2, 0.25) is 5.95 Å². The van der Waals surface area contributed by atoms with Crippen LogP contribution in [0.2, 0.25) is 0 Å². The molecule has 18 heavy (non-hydrogen) atoms. The lowest BCUT2D eigenvalue weighted by Crippen LogP contribution is -2.31. The molecule has 0 aliphatic heterocycles. The van der Waals surface area contributed by atoms with E-state index >= 15 is 0 Å². The highest BCUT2D eigenvalue weighted by atomic mass is 16.4. The van der Waals surface area contributed by atoms with Crippen molar-refractivity contribution in [2.24, 2.45) is 5.41 Å². The van der Waals surface area contributed by atoms with Gasteiger partial charge in [-0.05, 0) is 25.2 Å². The van der Waals surface area contributed by atoms with Crippen LogP contribution in [0.1, 0.15) is 49.2 Å². The molecule has 2 rings (SSSR count). The molecular formula is C13H19N3O2. The number of carboxylic acids is 1. The van der Waals surface area contributed by atoms with Crippen LogP contribution in [0.25, 0.3) is 0 Å². The molecule has 1 aliphatic carbocycles. The summed E-state index contributed by atoms with van der Waals surface area (Å²) in [6, 6.07) is 0.354. The number of hydrogen-bond acceptors (Lipinski definition) is 4. The third kappa shape index (κ3) is 2.44. The van der Waals surface area contributed by atoms with Gasteiger partial charge in [-0.2, -0.15) is 0 Å². The molecule has 1 saturated carbocycles. The van der Waals surface area contributed by atoms with Crippen LogP contribution in [0, 0.1) is 12.3 Å². The Bertz CT molecular complexity index is 471. The van der Waals surface area contributed by atoms with Crippen molar-refractivity contribution in [3.8, 4) is 0 Å². The Morgan fingerprint density at radius 3 is 2.78 bits per heavy atom. The van der Waals surface area contributed by atoms with Crippen molar-refractivity contribution in [2.75, 3.05) is 5.32 Å². The van der Waals surface area contributed by atoms with E-state index in [9.17, 15) is 4.79 Å². The molecule has 1 aromatic rings. The maximum Gasteiger partial charge on any atom is 0.339 e. The third-order valence-electron chi connectivity index (χ3n) is 3.77. The number of nitrogens with one attached hydrogen (secondary N) is 1. The molecule has 1 atom stereocenters. The number of nitrogens with zero attached hydrogens (tertiary/aromatic N) is 2. The fourth-order valence-electron chi connectivity index (χ4n) is 2.50. The molecule has 0 amide bonds. The lowest BCUT2D eigenvalue weighted by atomic mass is 9.87. The van der Waals surface area contributed by atoms with Crippen molar-refractivity contribution in [1.82, 2.24) is 9.97 Å². The SMILES string of the molecule is Cc1nc(NC2CCCC2(C)C)ncc1C(=O)O. The van der Waals surface area contributed by atoms with Gasteiger partial charge in [0.25, 0.3) is 0 Å². The van der Waals surface area contributed by atoms with Gasteiger partial charge in [-0.25, -0.2) is 14.8 Å². The number of aryl methyl sites for hydroxylation is 1. The first-order chi connectivity index (χ1) is 8.40. The molecule has 98 valence electrons. The number of anilines is 1. The summed E-state index contributed by atoms with van der Waals surface area (Å²) < 4.78 is 0. The number of aromatic carboxylic acids is 1. The van der Waals surface area contributed by atoms with E-state index in [2.05, 4.69) is 29.1 Å². The summed E-state index contributed by atoms with van der Waals surface area (Å²) in [5, 5.41) is 12.2. The molecular weight excluding hydrogens is 230 g/mol. The second-order valence-electron chi connectivity index (χ2n) is 5.58. The van der Waals surface area contributed by atoms with E-state index < -0.39 is 5.97 Å². The Morgan fingerprint density at radius 2 is 2.28 bits per heavy atom. The molecule has 0 saturated heterocycles. The molecule has 1 aliphatic rings. The van der Waals surface area contributed by atoms with E-state index in [1.165, 1.54) is 19.0 Å². The molecule has 1 aromatic heterocycles. The third-order valence-corrected chi connectivity index (χ3v) is 3.77. The van der Waals surface area contributed by atoms with Gasteiger partial charge in [0.15, 0.2) is 0 Å². The van der Waals surface area contributed by atoms with Crippen LogP contribution in [0.5, 0.6) is 0 Å². The fourth-order valence-corrected chi connectivity index (χ4v) is 2.50. The molecule has 2 N–H and O–H groups in total. The zero-order valence-corrected chi connectivity index (χ0v) is 11.0. The van der Waals surface area contributed by atoms with E-state index in [1.807, 2.05) is 0 Å². The smallest absolute Gasteiger partial charge is 0.339 e. The maximum absolute atomic E-state index is 10.9. The summed E-state index contributed by atoms with van der Waals surface area (Å²) in [5.74, 6) is -0.460. The van der Waals surface area contributed by atoms with Crippen LogP contribution < -0.4 is 5.32 Å². The zero-order chi connectivity index (χ0) is 13.3. The molecule has 1 unspecified atom stereocenters. The molecule has 5 heteroatoms. The van der Waals surface area contributed by atoms with Gasteiger partial charge in [-0.1, -0.05) is 20.3 Å². The Kier molecular flexibility index (Phi) is 3.24. The van der Waals surface area contributed by atoms with Crippen molar-refractivity contribution >= 4 is 11.9 Å². The van der Waals surface area contributed by atoms with Crippen LogP contribution in [0.3, 0.4) is 0 Å². The lowest BCUT2D eigenvalue weighted by molar-refractivity contribution is 0.0695. The molecule has 1 heterocycles. The Balaban J connectivity index is 2.16. The first kappa shape index (κ1) is 12.8. The quantitative estimate of drug-likeness (QED) is 0.860. The van der Waals surface area contributed by atoms with Crippen molar-refractivity contribution < 1.29 is 9.90 Å². The van der Waals surface area contributed by atoms with Crippen LogP contribution in [0.4, 0.5) is 5.95 Å². The minimum Gasteiger partial charge on any atom is -0.478 e. The maximum atomic E-state index is 10.9. The summed E-state index contributed by atoms with van der Waals surface area (Å²) in [5.41, 5.74) is 0.893. The highest BCUT2D eigenvalue weighted by Crippen LogP contribution is 2.38. The van der Waals surface area contributed by atoms with Gasteiger partial charge in [0, 0.05) is 12.2 Å². The van der Waals surface area contributed by atoms with Crippen LogP contribution in [-0.4, -0.2) is 27.1 Å². The minimum atomic E-state index is -0.986. The van der Waals surface area contributed by atoms with Crippen molar-refractivity contribution in [3.05, 3.63) is 17.5 Å². The zero-order valence-electron chi connectivity index (χ0n) is 11.0. The van der Waals surface area contributed by atoms with Crippen molar-refractivity contribution in [3.63, 3.8) is 0 Å². The molecule has 5 nitrogen and oxygen atoms in total. The minimum absolute atomic E-state index is 0.159. The van der Waals surface area contributed by atoms with E-state index in [0.717, 1.165) is 6.42 Å². The number of carbonyl (C=O) groups is 1. The highest BCUT2D eigenvalue weighted by molar-refractivity contribution is 5.88. The van der Waals surface area contributed by atoms with Gasteiger partial charge in [0.1, 0.15) is 0 Å². The standard InChI is InChI=1S/C13H19N3O2/c1-8-9(11(17)18)7-14-12(15-8)16-10-5-4-6-13(10,2)3/h7,10H,4-6H2,1-3H3,(H,17,18)(H,14,15,16). The number of aromatic nitrogens is 2. The Hall–Kier alpha value is -1.65. The first-order valence-electron chi connectivity index (χ1n) is 6.23. The van der Waals surface area contributed by atoms with E-state index in [0.29, 0.717) is 17.7 Å². The highest BCUT2D eigenvalue weighted by Gasteiger charge is 2.34. The van der Waals surface area contributed by atoms with E-state index in [1.54, 1.807) is 6.92 Å².